The van der Waals surface area contributed by atoms with Crippen LogP contribution >= 0.6 is 0 Å². The van der Waals surface area contributed by atoms with Crippen LogP contribution in [-0.2, 0) is 16.9 Å². The monoisotopic (exact) mass is 490 g/mol. The molecule has 0 saturated carbocycles. The largest absolute Gasteiger partial charge is 0.339 e. The number of nitrogens with one attached hydrogen (secondary N) is 1. The molecule has 2 saturated heterocycles. The van der Waals surface area contributed by atoms with Gasteiger partial charge in [-0.1, -0.05) is 30.3 Å². The summed E-state index contributed by atoms with van der Waals surface area (Å²) in [6, 6.07) is 14.4. The average Bonchev–Trinajstić information content (AvgIpc) is 3.16. The van der Waals surface area contributed by atoms with E-state index in [9.17, 15) is 23.2 Å². The Kier molecular flexibility index (Phi) is 6.22. The standard InChI is InChI=1S/C27H24F2N4O3/c28-21-9-7-18(8-10-21)17-33-25(35)27(31-26(33)36,20-4-3-13-30-16-20)19-11-14-32(15-12-19)24(34)22-5-1-2-6-23(22)29/h1-10,13,16,19H,11-12,14-15,17H2,(H,31,36)/t27-/m1/s1. The topological polar surface area (TPSA) is 82.6 Å². The molecule has 0 aliphatic carbocycles. The van der Waals surface area contributed by atoms with Crippen molar-refractivity contribution in [2.75, 3.05) is 13.1 Å². The molecule has 5 rings (SSSR count). The molecule has 2 aliphatic rings. The summed E-state index contributed by atoms with van der Waals surface area (Å²) in [6.45, 7) is 0.611. The van der Waals surface area contributed by atoms with Crippen molar-refractivity contribution < 1.29 is 23.2 Å². The lowest BCUT2D eigenvalue weighted by molar-refractivity contribution is -0.134. The van der Waals surface area contributed by atoms with Crippen LogP contribution in [0.4, 0.5) is 13.6 Å². The predicted octanol–water partition coefficient (Wildman–Crippen LogP) is 3.86. The number of urea groups is 1. The first-order valence-corrected chi connectivity index (χ1v) is 11.7. The van der Waals surface area contributed by atoms with Crippen LogP contribution in [0.15, 0.2) is 73.1 Å². The highest BCUT2D eigenvalue weighted by Crippen LogP contribution is 2.41. The number of hydrogen-bond acceptors (Lipinski definition) is 4. The Morgan fingerprint density at radius 2 is 1.72 bits per heavy atom. The molecule has 0 bridgehead atoms. The molecule has 0 unspecified atom stereocenters. The first-order chi connectivity index (χ1) is 17.4. The van der Waals surface area contributed by atoms with E-state index >= 15 is 0 Å². The number of carbonyl (C=O) groups is 3. The summed E-state index contributed by atoms with van der Waals surface area (Å²) in [6.07, 6.45) is 4.00. The number of nitrogens with zero attached hydrogens (tertiary/aromatic N) is 3. The number of amides is 4. The van der Waals surface area contributed by atoms with Gasteiger partial charge in [0.25, 0.3) is 11.8 Å². The molecular formula is C27H24F2N4O3. The van der Waals surface area contributed by atoms with Gasteiger partial charge >= 0.3 is 6.03 Å². The Morgan fingerprint density at radius 3 is 2.39 bits per heavy atom. The third kappa shape index (κ3) is 4.10. The number of aromatic nitrogens is 1. The van der Waals surface area contributed by atoms with Crippen molar-refractivity contribution in [2.45, 2.75) is 24.9 Å². The van der Waals surface area contributed by atoms with Gasteiger partial charge in [-0.2, -0.15) is 0 Å². The van der Waals surface area contributed by atoms with Gasteiger partial charge in [0, 0.05) is 31.0 Å². The molecule has 0 spiro atoms. The Hall–Kier alpha value is -4.14. The molecule has 4 amide bonds. The van der Waals surface area contributed by atoms with Crippen molar-refractivity contribution in [3.63, 3.8) is 0 Å². The first kappa shape index (κ1) is 23.6. The second kappa shape index (κ2) is 9.49. The molecule has 2 fully saturated rings. The number of piperidine rings is 1. The second-order valence-electron chi connectivity index (χ2n) is 9.04. The van der Waals surface area contributed by atoms with Crippen LogP contribution < -0.4 is 5.32 Å². The van der Waals surface area contributed by atoms with Crippen molar-refractivity contribution in [1.29, 1.82) is 0 Å². The van der Waals surface area contributed by atoms with E-state index in [-0.39, 0.29) is 18.0 Å². The zero-order valence-electron chi connectivity index (χ0n) is 19.4. The lowest BCUT2D eigenvalue weighted by Gasteiger charge is -2.41. The summed E-state index contributed by atoms with van der Waals surface area (Å²) in [5, 5.41) is 2.93. The van der Waals surface area contributed by atoms with Gasteiger partial charge in [-0.05, 0) is 54.7 Å². The smallest absolute Gasteiger partial charge is 0.325 e. The minimum atomic E-state index is -1.35. The molecule has 1 aromatic heterocycles. The van der Waals surface area contributed by atoms with Gasteiger partial charge in [-0.3, -0.25) is 19.5 Å². The maximum Gasteiger partial charge on any atom is 0.325 e. The summed E-state index contributed by atoms with van der Waals surface area (Å²) in [5.74, 6) is -2.12. The number of halogens is 2. The lowest BCUT2D eigenvalue weighted by atomic mass is 9.73. The van der Waals surface area contributed by atoms with Crippen LogP contribution in [0.3, 0.4) is 0 Å². The number of pyridine rings is 1. The van der Waals surface area contributed by atoms with E-state index in [4.69, 9.17) is 0 Å². The molecular weight excluding hydrogens is 466 g/mol. The van der Waals surface area contributed by atoms with Crippen molar-refractivity contribution >= 4 is 17.8 Å². The third-order valence-electron chi connectivity index (χ3n) is 7.00. The minimum Gasteiger partial charge on any atom is -0.339 e. The van der Waals surface area contributed by atoms with Gasteiger partial charge in [0.05, 0.1) is 12.1 Å². The fourth-order valence-corrected chi connectivity index (χ4v) is 5.14. The van der Waals surface area contributed by atoms with Gasteiger partial charge in [0.2, 0.25) is 0 Å². The number of carbonyl (C=O) groups excluding carboxylic acids is 3. The molecule has 2 aromatic carbocycles. The van der Waals surface area contributed by atoms with Crippen LogP contribution in [0.25, 0.3) is 0 Å². The number of likely N-dealkylation sites (tertiary alicyclic amines) is 1. The molecule has 3 heterocycles. The van der Waals surface area contributed by atoms with E-state index in [1.54, 1.807) is 35.5 Å². The Balaban J connectivity index is 1.41. The van der Waals surface area contributed by atoms with Crippen molar-refractivity contribution in [2.24, 2.45) is 5.92 Å². The highest BCUT2D eigenvalue weighted by molar-refractivity contribution is 6.07. The second-order valence-corrected chi connectivity index (χ2v) is 9.04. The van der Waals surface area contributed by atoms with Crippen LogP contribution in [0.2, 0.25) is 0 Å². The van der Waals surface area contributed by atoms with Crippen LogP contribution in [0, 0.1) is 17.6 Å². The molecule has 1 atom stereocenters. The first-order valence-electron chi connectivity index (χ1n) is 11.7. The van der Waals surface area contributed by atoms with E-state index in [0.717, 1.165) is 4.90 Å². The Labute approximate surface area is 206 Å². The van der Waals surface area contributed by atoms with Crippen molar-refractivity contribution in [3.05, 3.63) is 101 Å². The SMILES string of the molecule is O=C(c1ccccc1F)N1CCC([C@]2(c3cccnc3)NC(=O)N(Cc3ccc(F)cc3)C2=O)CC1. The molecule has 2 aliphatic heterocycles. The fraction of sp³-hybridized carbons (Fsp3) is 0.259. The molecule has 0 radical (unpaired) electrons. The zero-order valence-corrected chi connectivity index (χ0v) is 19.4. The summed E-state index contributed by atoms with van der Waals surface area (Å²) >= 11 is 0. The summed E-state index contributed by atoms with van der Waals surface area (Å²) in [7, 11) is 0. The van der Waals surface area contributed by atoms with E-state index in [1.165, 1.54) is 42.5 Å². The Morgan fingerprint density at radius 1 is 1.00 bits per heavy atom. The van der Waals surface area contributed by atoms with Gasteiger partial charge < -0.3 is 10.2 Å². The lowest BCUT2D eigenvalue weighted by Crippen LogP contribution is -2.54. The average molecular weight is 491 g/mol. The van der Waals surface area contributed by atoms with Gasteiger partial charge in [0.1, 0.15) is 11.6 Å². The number of hydrogen-bond donors (Lipinski definition) is 1. The summed E-state index contributed by atoms with van der Waals surface area (Å²) < 4.78 is 27.5. The van der Waals surface area contributed by atoms with Gasteiger partial charge in [-0.15, -0.1) is 0 Å². The van der Waals surface area contributed by atoms with E-state index in [1.807, 2.05) is 0 Å². The molecule has 3 aromatic rings. The quantitative estimate of drug-likeness (QED) is 0.551. The molecule has 9 heteroatoms. The number of benzene rings is 2. The molecule has 1 N–H and O–H groups in total. The number of imide groups is 1. The highest BCUT2D eigenvalue weighted by Gasteiger charge is 2.57. The zero-order chi connectivity index (χ0) is 25.3. The predicted molar refractivity (Wildman–Crippen MR) is 126 cm³/mol. The Bertz CT molecular complexity index is 1290. The molecule has 184 valence electrons. The maximum absolute atomic E-state index is 14.2. The normalized spacial score (nSPS) is 20.5. The molecule has 7 nitrogen and oxygen atoms in total. The third-order valence-corrected chi connectivity index (χ3v) is 7.00. The van der Waals surface area contributed by atoms with Crippen LogP contribution in [0.5, 0.6) is 0 Å². The van der Waals surface area contributed by atoms with Crippen LogP contribution in [0.1, 0.15) is 34.3 Å². The van der Waals surface area contributed by atoms with E-state index in [0.29, 0.717) is 37.1 Å². The van der Waals surface area contributed by atoms with Crippen molar-refractivity contribution in [3.8, 4) is 0 Å². The minimum absolute atomic E-state index is 0.00241. The highest BCUT2D eigenvalue weighted by atomic mass is 19.1. The van der Waals surface area contributed by atoms with Gasteiger partial charge in [0.15, 0.2) is 5.54 Å². The maximum atomic E-state index is 14.2. The van der Waals surface area contributed by atoms with Gasteiger partial charge in [-0.25, -0.2) is 13.6 Å². The fourth-order valence-electron chi connectivity index (χ4n) is 5.14. The van der Waals surface area contributed by atoms with E-state index < -0.39 is 35.0 Å². The summed E-state index contributed by atoms with van der Waals surface area (Å²) in [5.41, 5.74) is -0.164. The number of rotatable bonds is 5. The van der Waals surface area contributed by atoms with Crippen LogP contribution in [-0.4, -0.2) is 45.7 Å². The summed E-state index contributed by atoms with van der Waals surface area (Å²) in [4.78, 5) is 46.8. The van der Waals surface area contributed by atoms with Crippen molar-refractivity contribution in [1.82, 2.24) is 20.1 Å². The van der Waals surface area contributed by atoms with E-state index in [2.05, 4.69) is 10.3 Å². The molecule has 36 heavy (non-hydrogen) atoms.